The first-order chi connectivity index (χ1) is 20.1. The molecule has 5 heterocycles. The maximum Gasteiger partial charge on any atom is 0.114 e. The van der Waals surface area contributed by atoms with Crippen LogP contribution in [0.3, 0.4) is 0 Å². The van der Waals surface area contributed by atoms with Crippen LogP contribution < -0.4 is 0 Å². The summed E-state index contributed by atoms with van der Waals surface area (Å²) < 4.78 is 9.61. The van der Waals surface area contributed by atoms with Crippen molar-refractivity contribution < 1.29 is 0 Å². The zero-order valence-electron chi connectivity index (χ0n) is 23.7. The minimum Gasteiger partial charge on any atom is -0.172 e. The Morgan fingerprint density at radius 3 is 1.37 bits per heavy atom. The second-order valence-corrected chi connectivity index (χ2v) is 14.4. The number of thiophene rings is 4. The van der Waals surface area contributed by atoms with E-state index in [1.165, 1.54) is 74.4 Å². The molecule has 0 unspecified atom stereocenters. The van der Waals surface area contributed by atoms with Gasteiger partial charge in [-0.25, -0.2) is 0 Å². The van der Waals surface area contributed by atoms with Crippen LogP contribution in [-0.4, -0.2) is 8.75 Å². The van der Waals surface area contributed by atoms with Crippen LogP contribution in [-0.2, 0) is 25.7 Å². The van der Waals surface area contributed by atoms with E-state index in [-0.39, 0.29) is 0 Å². The lowest BCUT2D eigenvalue weighted by molar-refractivity contribution is 1.15. The highest BCUT2D eigenvalue weighted by Crippen LogP contribution is 2.42. The van der Waals surface area contributed by atoms with E-state index in [1.807, 2.05) is 45.3 Å². The Kier molecular flexibility index (Phi) is 8.79. The van der Waals surface area contributed by atoms with Gasteiger partial charge in [-0.05, 0) is 107 Å². The minimum atomic E-state index is 1.01. The molecule has 208 valence electrons. The molecule has 41 heavy (non-hydrogen) atoms. The molecule has 0 radical (unpaired) electrons. The summed E-state index contributed by atoms with van der Waals surface area (Å²) in [5.41, 5.74) is 9.98. The largest absolute Gasteiger partial charge is 0.172 e. The maximum absolute atomic E-state index is 4.81. The van der Waals surface area contributed by atoms with Gasteiger partial charge < -0.3 is 0 Å². The zero-order chi connectivity index (χ0) is 28.3. The summed E-state index contributed by atoms with van der Waals surface area (Å²) in [6.45, 7) is 8.93. The van der Waals surface area contributed by atoms with E-state index in [9.17, 15) is 0 Å². The molecule has 0 fully saturated rings. The van der Waals surface area contributed by atoms with Crippen LogP contribution in [0.4, 0.5) is 0 Å². The standard InChI is InChI=1S/C34H32N2S5/c1-5-21-15-17-37-27(21)11-13-29-23(7-3)19-31(39-29)25-9-10-26(34-33(25)35-41-36-34)32-20-24(8-4)30(40-32)14-12-28-22(6-2)16-18-38-28/h9-20H,5-8H2,1-4H3. The van der Waals surface area contributed by atoms with Crippen LogP contribution in [0.25, 0.3) is 56.2 Å². The molecule has 0 aliphatic carbocycles. The topological polar surface area (TPSA) is 25.8 Å². The van der Waals surface area contributed by atoms with Crippen LogP contribution in [0.2, 0.25) is 0 Å². The molecule has 1 aromatic carbocycles. The molecule has 0 saturated carbocycles. The molecule has 2 nitrogen and oxygen atoms in total. The number of fused-ring (bicyclic) bond motifs is 1. The molecule has 0 aliphatic heterocycles. The van der Waals surface area contributed by atoms with Crippen LogP contribution in [0.15, 0.2) is 47.2 Å². The third-order valence-corrected chi connectivity index (χ3v) is 12.2. The lowest BCUT2D eigenvalue weighted by atomic mass is 10.0. The van der Waals surface area contributed by atoms with Crippen molar-refractivity contribution in [1.82, 2.24) is 8.75 Å². The third kappa shape index (κ3) is 5.71. The normalized spacial score (nSPS) is 12.1. The average Bonchev–Trinajstić information content (AvgIpc) is 3.83. The summed E-state index contributed by atoms with van der Waals surface area (Å²) in [5.74, 6) is 0. The highest BCUT2D eigenvalue weighted by atomic mass is 32.1. The van der Waals surface area contributed by atoms with E-state index in [2.05, 4.69) is 99.2 Å². The molecular weight excluding hydrogens is 597 g/mol. The molecule has 0 spiro atoms. The Hall–Kier alpha value is -2.68. The van der Waals surface area contributed by atoms with Crippen molar-refractivity contribution in [3.63, 3.8) is 0 Å². The predicted molar refractivity (Wildman–Crippen MR) is 188 cm³/mol. The zero-order valence-corrected chi connectivity index (χ0v) is 27.8. The van der Waals surface area contributed by atoms with Gasteiger partial charge >= 0.3 is 0 Å². The van der Waals surface area contributed by atoms with Crippen LogP contribution in [0.5, 0.6) is 0 Å². The van der Waals surface area contributed by atoms with Crippen LogP contribution >= 0.6 is 57.1 Å². The number of hydrogen-bond acceptors (Lipinski definition) is 7. The Morgan fingerprint density at radius 2 is 0.951 bits per heavy atom. The van der Waals surface area contributed by atoms with Gasteiger partial charge in [0.05, 0.1) is 11.7 Å². The molecule has 0 atom stereocenters. The molecule has 0 N–H and O–H groups in total. The molecule has 0 aliphatic rings. The number of rotatable bonds is 10. The molecule has 6 rings (SSSR count). The first-order valence-corrected chi connectivity index (χ1v) is 18.3. The summed E-state index contributed by atoms with van der Waals surface area (Å²) in [5, 5.41) is 4.38. The van der Waals surface area contributed by atoms with E-state index in [0.717, 1.165) is 36.7 Å². The van der Waals surface area contributed by atoms with Crippen molar-refractivity contribution in [2.24, 2.45) is 0 Å². The second kappa shape index (κ2) is 12.7. The van der Waals surface area contributed by atoms with Crippen molar-refractivity contribution in [3.8, 4) is 20.9 Å². The predicted octanol–water partition coefficient (Wildman–Crippen LogP) is 11.9. The van der Waals surface area contributed by atoms with Gasteiger partial charge in [0.15, 0.2) is 0 Å². The molecule has 0 bridgehead atoms. The number of benzene rings is 1. The Labute approximate surface area is 262 Å². The lowest BCUT2D eigenvalue weighted by Gasteiger charge is -2.03. The number of nitrogens with zero attached hydrogens (tertiary/aromatic N) is 2. The van der Waals surface area contributed by atoms with Crippen molar-refractivity contribution >= 4 is 92.4 Å². The van der Waals surface area contributed by atoms with Crippen LogP contribution in [0.1, 0.15) is 69.5 Å². The molecule has 0 saturated heterocycles. The highest BCUT2D eigenvalue weighted by Gasteiger charge is 2.18. The first kappa shape index (κ1) is 28.4. The highest BCUT2D eigenvalue weighted by molar-refractivity contribution is 7.17. The number of aromatic nitrogens is 2. The molecule has 5 aromatic heterocycles. The molecule has 0 amide bonds. The van der Waals surface area contributed by atoms with Gasteiger partial charge in [0.1, 0.15) is 11.0 Å². The number of aryl methyl sites for hydroxylation is 4. The summed E-state index contributed by atoms with van der Waals surface area (Å²) in [4.78, 5) is 7.91. The molecular formula is C34H32N2S5. The SMILES string of the molecule is CCc1ccsc1C=Cc1sc(-c2ccc(-c3cc(CC)c(C=Cc4sccc4CC)s3)c3nsnc23)cc1CC. The first-order valence-electron chi connectivity index (χ1n) is 14.1. The van der Waals surface area contributed by atoms with Gasteiger partial charge in [-0.2, -0.15) is 8.75 Å². The smallest absolute Gasteiger partial charge is 0.114 e. The third-order valence-electron chi connectivity index (χ3n) is 7.49. The Morgan fingerprint density at radius 1 is 0.537 bits per heavy atom. The van der Waals surface area contributed by atoms with Gasteiger partial charge in [0, 0.05) is 40.4 Å². The van der Waals surface area contributed by atoms with E-state index in [1.54, 1.807) is 0 Å². The maximum atomic E-state index is 4.81. The van der Waals surface area contributed by atoms with E-state index in [4.69, 9.17) is 8.75 Å². The van der Waals surface area contributed by atoms with E-state index in [0.29, 0.717) is 0 Å². The van der Waals surface area contributed by atoms with E-state index >= 15 is 0 Å². The Bertz CT molecular complexity index is 1720. The fraction of sp³-hybridized carbons (Fsp3) is 0.235. The van der Waals surface area contributed by atoms with Gasteiger partial charge in [0.2, 0.25) is 0 Å². The van der Waals surface area contributed by atoms with Crippen molar-refractivity contribution in [1.29, 1.82) is 0 Å². The van der Waals surface area contributed by atoms with Gasteiger partial charge in [0.25, 0.3) is 0 Å². The van der Waals surface area contributed by atoms with Gasteiger partial charge in [-0.1, -0.05) is 39.8 Å². The summed E-state index contributed by atoms with van der Waals surface area (Å²) in [6.07, 6.45) is 13.3. The summed E-state index contributed by atoms with van der Waals surface area (Å²) >= 11 is 8.67. The molecule has 7 heteroatoms. The monoisotopic (exact) mass is 628 g/mol. The van der Waals surface area contributed by atoms with Crippen molar-refractivity contribution in [2.45, 2.75) is 53.4 Å². The lowest BCUT2D eigenvalue weighted by Crippen LogP contribution is -1.82. The number of hydrogen-bond donors (Lipinski definition) is 0. The van der Waals surface area contributed by atoms with Crippen molar-refractivity contribution in [3.05, 3.63) is 88.9 Å². The van der Waals surface area contributed by atoms with Crippen LogP contribution in [0, 0.1) is 0 Å². The van der Waals surface area contributed by atoms with E-state index < -0.39 is 0 Å². The fourth-order valence-electron chi connectivity index (χ4n) is 5.12. The van der Waals surface area contributed by atoms with Crippen molar-refractivity contribution in [2.75, 3.05) is 0 Å². The summed E-state index contributed by atoms with van der Waals surface area (Å²) in [7, 11) is 0. The Balaban J connectivity index is 1.35. The fourth-order valence-corrected chi connectivity index (χ4v) is 9.84. The minimum absolute atomic E-state index is 1.01. The average molecular weight is 629 g/mol. The molecule has 6 aromatic rings. The van der Waals surface area contributed by atoms with Gasteiger partial charge in [-0.3, -0.25) is 0 Å². The summed E-state index contributed by atoms with van der Waals surface area (Å²) in [6, 6.07) is 13.7. The second-order valence-electron chi connectivity index (χ2n) is 9.82. The quantitative estimate of drug-likeness (QED) is 0.151. The van der Waals surface area contributed by atoms with Gasteiger partial charge in [-0.15, -0.1) is 45.3 Å².